The molecule has 2 N–H and O–H groups in total. The highest BCUT2D eigenvalue weighted by atomic mass is 16.5. The number of hydrogen-bond acceptors (Lipinski definition) is 5. The third-order valence-corrected chi connectivity index (χ3v) is 4.69. The van der Waals surface area contributed by atoms with E-state index in [0.717, 1.165) is 57.3 Å². The average molecular weight is 392 g/mol. The van der Waals surface area contributed by atoms with Crippen molar-refractivity contribution in [3.8, 4) is 5.88 Å². The van der Waals surface area contributed by atoms with Crippen LogP contribution in [0.25, 0.3) is 0 Å². The Morgan fingerprint density at radius 1 is 1.29 bits per heavy atom. The van der Waals surface area contributed by atoms with Gasteiger partial charge in [0, 0.05) is 44.0 Å². The van der Waals surface area contributed by atoms with Crippen LogP contribution in [0.5, 0.6) is 5.88 Å². The Morgan fingerprint density at radius 3 is 2.75 bits per heavy atom. The summed E-state index contributed by atoms with van der Waals surface area (Å²) in [6.45, 7) is 15.1. The highest BCUT2D eigenvalue weighted by Crippen LogP contribution is 2.15. The molecule has 0 aromatic carbocycles. The first-order valence-corrected chi connectivity index (χ1v) is 10.5. The van der Waals surface area contributed by atoms with E-state index in [1.54, 1.807) is 6.20 Å². The van der Waals surface area contributed by atoms with E-state index < -0.39 is 0 Å². The molecule has 1 fully saturated rings. The fourth-order valence-electron chi connectivity index (χ4n) is 3.38. The Morgan fingerprint density at radius 2 is 2.07 bits per heavy atom. The first-order chi connectivity index (χ1) is 13.6. The molecule has 7 heteroatoms. The molecule has 1 unspecified atom stereocenters. The molecule has 1 saturated heterocycles. The number of aliphatic imine (C=N–C) groups is 1. The molecule has 1 aromatic heterocycles. The highest BCUT2D eigenvalue weighted by molar-refractivity contribution is 5.79. The van der Waals surface area contributed by atoms with Gasteiger partial charge in [-0.3, -0.25) is 4.90 Å². The summed E-state index contributed by atoms with van der Waals surface area (Å²) in [5, 5.41) is 6.89. The molecular formula is C21H37N5O2. The van der Waals surface area contributed by atoms with E-state index in [0.29, 0.717) is 31.0 Å². The minimum absolute atomic E-state index is 0.477. The van der Waals surface area contributed by atoms with Crippen LogP contribution in [0.2, 0.25) is 0 Å². The second-order valence-corrected chi connectivity index (χ2v) is 7.41. The molecule has 0 bridgehead atoms. The van der Waals surface area contributed by atoms with E-state index in [-0.39, 0.29) is 0 Å². The van der Waals surface area contributed by atoms with Gasteiger partial charge in [0.25, 0.3) is 0 Å². The lowest BCUT2D eigenvalue weighted by Gasteiger charge is -2.35. The van der Waals surface area contributed by atoms with Gasteiger partial charge in [-0.25, -0.2) is 9.98 Å². The number of pyridine rings is 1. The number of aromatic nitrogens is 1. The summed E-state index contributed by atoms with van der Waals surface area (Å²) in [5.41, 5.74) is 0.994. The second kappa shape index (κ2) is 12.6. The van der Waals surface area contributed by atoms with Gasteiger partial charge in [0.1, 0.15) is 0 Å². The van der Waals surface area contributed by atoms with Gasteiger partial charge in [-0.2, -0.15) is 0 Å². The van der Waals surface area contributed by atoms with Gasteiger partial charge in [-0.15, -0.1) is 0 Å². The van der Waals surface area contributed by atoms with Crippen molar-refractivity contribution < 1.29 is 9.47 Å². The molecule has 1 atom stereocenters. The molecule has 1 aromatic rings. The van der Waals surface area contributed by atoms with Crippen molar-refractivity contribution in [1.82, 2.24) is 20.5 Å². The normalized spacial score (nSPS) is 16.8. The van der Waals surface area contributed by atoms with Crippen molar-refractivity contribution in [2.24, 2.45) is 10.9 Å². The average Bonchev–Trinajstić information content (AvgIpc) is 2.70. The summed E-state index contributed by atoms with van der Waals surface area (Å²) < 4.78 is 11.1. The smallest absolute Gasteiger partial charge is 0.218 e. The van der Waals surface area contributed by atoms with Crippen LogP contribution in [0.3, 0.4) is 0 Å². The molecule has 158 valence electrons. The largest absolute Gasteiger partial charge is 0.478 e. The van der Waals surface area contributed by atoms with E-state index in [2.05, 4.69) is 41.3 Å². The van der Waals surface area contributed by atoms with Crippen molar-refractivity contribution in [1.29, 1.82) is 0 Å². The first-order valence-electron chi connectivity index (χ1n) is 10.5. The summed E-state index contributed by atoms with van der Waals surface area (Å²) in [7, 11) is 0. The molecule has 1 aliphatic heterocycles. The Hall–Kier alpha value is -1.86. The van der Waals surface area contributed by atoms with E-state index in [1.165, 1.54) is 0 Å². The molecule has 0 aliphatic carbocycles. The maximum absolute atomic E-state index is 5.61. The molecule has 0 spiro atoms. The molecule has 2 heterocycles. The van der Waals surface area contributed by atoms with Gasteiger partial charge >= 0.3 is 0 Å². The van der Waals surface area contributed by atoms with E-state index in [4.69, 9.17) is 14.5 Å². The van der Waals surface area contributed by atoms with Crippen LogP contribution in [-0.4, -0.2) is 67.9 Å². The van der Waals surface area contributed by atoms with Gasteiger partial charge in [0.2, 0.25) is 5.88 Å². The number of ether oxygens (including phenoxy) is 2. The summed E-state index contributed by atoms with van der Waals surface area (Å²) in [4.78, 5) is 11.6. The molecule has 7 nitrogen and oxygen atoms in total. The number of rotatable bonds is 10. The number of morpholine rings is 1. The van der Waals surface area contributed by atoms with E-state index in [1.807, 2.05) is 19.1 Å². The molecule has 2 rings (SSSR count). The Kier molecular flexibility index (Phi) is 10.1. The van der Waals surface area contributed by atoms with Crippen molar-refractivity contribution in [2.45, 2.75) is 46.7 Å². The Balaban J connectivity index is 2.00. The maximum Gasteiger partial charge on any atom is 0.218 e. The minimum atomic E-state index is 0.477. The zero-order valence-electron chi connectivity index (χ0n) is 17.9. The molecule has 1 aliphatic rings. The van der Waals surface area contributed by atoms with Crippen molar-refractivity contribution in [2.75, 3.05) is 46.0 Å². The lowest BCUT2D eigenvalue weighted by molar-refractivity contribution is 0.0132. The number of nitrogens with one attached hydrogen (secondary N) is 2. The fraction of sp³-hybridized carbons (Fsp3) is 0.714. The van der Waals surface area contributed by atoms with Crippen LogP contribution < -0.4 is 15.4 Å². The molecule has 0 radical (unpaired) electrons. The molecule has 0 saturated carbocycles. The van der Waals surface area contributed by atoms with E-state index in [9.17, 15) is 0 Å². The first kappa shape index (κ1) is 22.4. The van der Waals surface area contributed by atoms with Crippen LogP contribution in [0.4, 0.5) is 0 Å². The number of hydrogen-bond donors (Lipinski definition) is 2. The lowest BCUT2D eigenvalue weighted by Crippen LogP contribution is -2.51. The van der Waals surface area contributed by atoms with Crippen LogP contribution in [-0.2, 0) is 11.3 Å². The van der Waals surface area contributed by atoms with Gasteiger partial charge in [-0.1, -0.05) is 19.9 Å². The van der Waals surface area contributed by atoms with Crippen LogP contribution in [0, 0.1) is 5.92 Å². The monoisotopic (exact) mass is 391 g/mol. The Labute approximate surface area is 169 Å². The molecule has 28 heavy (non-hydrogen) atoms. The Bertz CT molecular complexity index is 588. The number of guanidine groups is 1. The van der Waals surface area contributed by atoms with Crippen LogP contribution in [0.1, 0.15) is 39.7 Å². The van der Waals surface area contributed by atoms with Crippen molar-refractivity contribution in [3.63, 3.8) is 0 Å². The van der Waals surface area contributed by atoms with E-state index >= 15 is 0 Å². The zero-order chi connectivity index (χ0) is 20.2. The summed E-state index contributed by atoms with van der Waals surface area (Å²) in [5.74, 6) is 2.14. The van der Waals surface area contributed by atoms with Gasteiger partial charge in [-0.05, 0) is 32.3 Å². The topological polar surface area (TPSA) is 71.0 Å². The maximum atomic E-state index is 5.61. The summed E-state index contributed by atoms with van der Waals surface area (Å²) >= 11 is 0. The summed E-state index contributed by atoms with van der Waals surface area (Å²) in [6.07, 6.45) is 2.91. The van der Waals surface area contributed by atoms with Crippen molar-refractivity contribution in [3.05, 3.63) is 23.9 Å². The third kappa shape index (κ3) is 7.64. The van der Waals surface area contributed by atoms with Crippen LogP contribution in [0.15, 0.2) is 23.3 Å². The fourth-order valence-corrected chi connectivity index (χ4v) is 3.38. The predicted octanol–water partition coefficient (Wildman–Crippen LogP) is 2.28. The lowest BCUT2D eigenvalue weighted by atomic mass is 10.0. The molecular weight excluding hydrogens is 354 g/mol. The standard InChI is InChI=1S/C21H37N5O2/c1-5-22-21(24-15-18-8-7-9-23-20(18)28-6-2)25-16-19(14-17(3)4)26-10-12-27-13-11-26/h7-9,17,19H,5-6,10-16H2,1-4H3,(H2,22,24,25). The third-order valence-electron chi connectivity index (χ3n) is 4.69. The van der Waals surface area contributed by atoms with Gasteiger partial charge in [0.15, 0.2) is 5.96 Å². The minimum Gasteiger partial charge on any atom is -0.478 e. The van der Waals surface area contributed by atoms with Crippen LogP contribution >= 0.6 is 0 Å². The summed E-state index contributed by atoms with van der Waals surface area (Å²) in [6, 6.07) is 4.41. The predicted molar refractivity (Wildman–Crippen MR) is 114 cm³/mol. The quantitative estimate of drug-likeness (QED) is 0.471. The number of nitrogens with zero attached hydrogens (tertiary/aromatic N) is 3. The van der Waals surface area contributed by atoms with Crippen molar-refractivity contribution >= 4 is 5.96 Å². The highest BCUT2D eigenvalue weighted by Gasteiger charge is 2.22. The van der Waals surface area contributed by atoms with Gasteiger partial charge in [0.05, 0.1) is 26.4 Å². The molecule has 0 amide bonds. The van der Waals surface area contributed by atoms with Gasteiger partial charge < -0.3 is 20.1 Å². The SMILES string of the molecule is CCNC(=NCc1cccnc1OCC)NCC(CC(C)C)N1CCOCC1. The second-order valence-electron chi connectivity index (χ2n) is 7.41. The zero-order valence-corrected chi connectivity index (χ0v) is 17.9.